The second-order valence-corrected chi connectivity index (χ2v) is 7.96. The number of piperazine rings is 1. The van der Waals surface area contributed by atoms with Gasteiger partial charge in [-0.1, -0.05) is 18.2 Å². The SMILES string of the molecule is COc1nn(-c2ccccc2)c2cc(N3CCN(C4CCNCC4)CC3)ccc12.Cl. The minimum Gasteiger partial charge on any atom is -0.479 e. The maximum Gasteiger partial charge on any atom is 0.240 e. The average Bonchev–Trinajstić information content (AvgIpc) is 3.18. The van der Waals surface area contributed by atoms with Gasteiger partial charge in [-0.25, -0.2) is 4.68 Å². The number of rotatable bonds is 4. The van der Waals surface area contributed by atoms with Crippen molar-refractivity contribution in [1.82, 2.24) is 20.0 Å². The minimum atomic E-state index is 0. The highest BCUT2D eigenvalue weighted by molar-refractivity contribution is 5.89. The van der Waals surface area contributed by atoms with Crippen molar-refractivity contribution < 1.29 is 4.74 Å². The lowest BCUT2D eigenvalue weighted by Gasteiger charge is -2.41. The summed E-state index contributed by atoms with van der Waals surface area (Å²) in [5.74, 6) is 0.672. The van der Waals surface area contributed by atoms with Crippen LogP contribution in [0.15, 0.2) is 48.5 Å². The van der Waals surface area contributed by atoms with E-state index in [1.165, 1.54) is 18.5 Å². The third-order valence-electron chi connectivity index (χ3n) is 6.33. The molecule has 2 saturated heterocycles. The van der Waals surface area contributed by atoms with E-state index in [9.17, 15) is 0 Å². The summed E-state index contributed by atoms with van der Waals surface area (Å²) < 4.78 is 7.53. The summed E-state index contributed by atoms with van der Waals surface area (Å²) in [7, 11) is 1.69. The number of halogens is 1. The number of ether oxygens (including phenoxy) is 1. The molecule has 0 spiro atoms. The fraction of sp³-hybridized carbons (Fsp3) is 0.435. The number of nitrogens with zero attached hydrogens (tertiary/aromatic N) is 4. The molecule has 0 bridgehead atoms. The highest BCUT2D eigenvalue weighted by atomic mass is 35.5. The van der Waals surface area contributed by atoms with E-state index in [2.05, 4.69) is 45.4 Å². The Morgan fingerprint density at radius 3 is 2.37 bits per heavy atom. The van der Waals surface area contributed by atoms with Crippen molar-refractivity contribution in [1.29, 1.82) is 0 Å². The molecule has 2 aliphatic heterocycles. The average molecular weight is 428 g/mol. The Morgan fingerprint density at radius 2 is 1.67 bits per heavy atom. The van der Waals surface area contributed by atoms with Crippen LogP contribution < -0.4 is 15.0 Å². The van der Waals surface area contributed by atoms with E-state index in [4.69, 9.17) is 9.84 Å². The van der Waals surface area contributed by atoms with Gasteiger partial charge in [0.15, 0.2) is 0 Å². The lowest BCUT2D eigenvalue weighted by Crippen LogP contribution is -2.52. The number of hydrogen-bond acceptors (Lipinski definition) is 5. The Bertz CT molecular complexity index is 962. The fourth-order valence-corrected chi connectivity index (χ4v) is 4.71. The van der Waals surface area contributed by atoms with Crippen LogP contribution in [0.3, 0.4) is 0 Å². The van der Waals surface area contributed by atoms with Crippen molar-refractivity contribution >= 4 is 29.0 Å². The summed E-state index contributed by atoms with van der Waals surface area (Å²) >= 11 is 0. The van der Waals surface area contributed by atoms with E-state index in [0.717, 1.165) is 61.9 Å². The first-order valence-corrected chi connectivity index (χ1v) is 10.7. The van der Waals surface area contributed by atoms with E-state index in [-0.39, 0.29) is 12.4 Å². The van der Waals surface area contributed by atoms with Crippen molar-refractivity contribution in [3.05, 3.63) is 48.5 Å². The molecule has 0 radical (unpaired) electrons. The second kappa shape index (κ2) is 9.25. The molecular weight excluding hydrogens is 398 g/mol. The van der Waals surface area contributed by atoms with Crippen LogP contribution in [0.4, 0.5) is 5.69 Å². The molecule has 0 atom stereocenters. The highest BCUT2D eigenvalue weighted by Gasteiger charge is 2.25. The number of fused-ring (bicyclic) bond motifs is 1. The number of anilines is 1. The summed E-state index contributed by atoms with van der Waals surface area (Å²) in [6.45, 7) is 6.76. The van der Waals surface area contributed by atoms with Crippen LogP contribution in [-0.2, 0) is 0 Å². The Labute approximate surface area is 184 Å². The van der Waals surface area contributed by atoms with Crippen LogP contribution in [0, 0.1) is 0 Å². The zero-order chi connectivity index (χ0) is 19.6. The summed E-state index contributed by atoms with van der Waals surface area (Å²) in [6.07, 6.45) is 2.56. The predicted octanol–water partition coefficient (Wildman–Crippen LogP) is 3.33. The summed E-state index contributed by atoms with van der Waals surface area (Å²) in [5, 5.41) is 9.22. The summed E-state index contributed by atoms with van der Waals surface area (Å²) in [5.41, 5.74) is 3.40. The zero-order valence-electron chi connectivity index (χ0n) is 17.5. The van der Waals surface area contributed by atoms with Crippen molar-refractivity contribution in [3.63, 3.8) is 0 Å². The minimum absolute atomic E-state index is 0. The lowest BCUT2D eigenvalue weighted by molar-refractivity contribution is 0.153. The molecule has 3 aromatic rings. The quantitative estimate of drug-likeness (QED) is 0.692. The fourth-order valence-electron chi connectivity index (χ4n) is 4.71. The van der Waals surface area contributed by atoms with Gasteiger partial charge in [-0.15, -0.1) is 17.5 Å². The molecule has 0 amide bonds. The monoisotopic (exact) mass is 427 g/mol. The van der Waals surface area contributed by atoms with Gasteiger partial charge >= 0.3 is 0 Å². The van der Waals surface area contributed by atoms with Gasteiger partial charge in [-0.05, 0) is 56.3 Å². The Balaban J connectivity index is 0.00000218. The van der Waals surface area contributed by atoms with Gasteiger partial charge in [-0.3, -0.25) is 4.90 Å². The molecule has 2 aliphatic rings. The van der Waals surface area contributed by atoms with Crippen molar-refractivity contribution in [2.24, 2.45) is 0 Å². The molecule has 5 rings (SSSR count). The van der Waals surface area contributed by atoms with E-state index in [0.29, 0.717) is 5.88 Å². The largest absolute Gasteiger partial charge is 0.479 e. The van der Waals surface area contributed by atoms with Crippen LogP contribution in [0.2, 0.25) is 0 Å². The van der Waals surface area contributed by atoms with Crippen LogP contribution in [0.5, 0.6) is 5.88 Å². The number of piperidine rings is 1. The first kappa shape index (κ1) is 21.0. The highest BCUT2D eigenvalue weighted by Crippen LogP contribution is 2.31. The maximum absolute atomic E-state index is 5.54. The first-order valence-electron chi connectivity index (χ1n) is 10.7. The second-order valence-electron chi connectivity index (χ2n) is 7.96. The third kappa shape index (κ3) is 4.00. The maximum atomic E-state index is 5.54. The predicted molar refractivity (Wildman–Crippen MR) is 125 cm³/mol. The Hall–Kier alpha value is -2.28. The molecule has 2 fully saturated rings. The van der Waals surface area contributed by atoms with Crippen LogP contribution >= 0.6 is 12.4 Å². The van der Waals surface area contributed by atoms with Crippen molar-refractivity contribution in [2.45, 2.75) is 18.9 Å². The van der Waals surface area contributed by atoms with Crippen molar-refractivity contribution in [2.75, 3.05) is 51.3 Å². The molecule has 0 aliphatic carbocycles. The third-order valence-corrected chi connectivity index (χ3v) is 6.33. The standard InChI is InChI=1S/C23H29N5O.ClH/c1-29-23-21-8-7-20(17-22(21)28(25-23)19-5-3-2-4-6-19)27-15-13-26(14-16-27)18-9-11-24-12-10-18;/h2-8,17-18,24H,9-16H2,1H3;1H. The van der Waals surface area contributed by atoms with Crippen molar-refractivity contribution in [3.8, 4) is 11.6 Å². The van der Waals surface area contributed by atoms with E-state index in [1.54, 1.807) is 7.11 Å². The van der Waals surface area contributed by atoms with Crippen LogP contribution in [0.25, 0.3) is 16.6 Å². The number of nitrogens with one attached hydrogen (secondary N) is 1. The van der Waals surface area contributed by atoms with Gasteiger partial charge in [-0.2, -0.15) is 0 Å². The molecule has 160 valence electrons. The number of hydrogen-bond donors (Lipinski definition) is 1. The van der Waals surface area contributed by atoms with E-state index >= 15 is 0 Å². The molecule has 6 nitrogen and oxygen atoms in total. The smallest absolute Gasteiger partial charge is 0.240 e. The normalized spacial score (nSPS) is 18.4. The van der Waals surface area contributed by atoms with E-state index in [1.807, 2.05) is 22.9 Å². The van der Waals surface area contributed by atoms with Crippen LogP contribution in [0.1, 0.15) is 12.8 Å². The molecule has 30 heavy (non-hydrogen) atoms. The van der Waals surface area contributed by atoms with Gasteiger partial charge in [0, 0.05) is 37.9 Å². The summed E-state index contributed by atoms with van der Waals surface area (Å²) in [4.78, 5) is 5.19. The van der Waals surface area contributed by atoms with E-state index < -0.39 is 0 Å². The van der Waals surface area contributed by atoms with Gasteiger partial charge in [0.1, 0.15) is 0 Å². The first-order chi connectivity index (χ1) is 14.3. The van der Waals surface area contributed by atoms with Gasteiger partial charge in [0.2, 0.25) is 5.88 Å². The number of para-hydroxylation sites is 1. The molecule has 0 saturated carbocycles. The summed E-state index contributed by atoms with van der Waals surface area (Å²) in [6, 6.07) is 17.6. The number of aromatic nitrogens is 2. The van der Waals surface area contributed by atoms with Crippen LogP contribution in [-0.4, -0.2) is 67.1 Å². The Morgan fingerprint density at radius 1 is 0.933 bits per heavy atom. The molecule has 1 N–H and O–H groups in total. The molecule has 7 heteroatoms. The zero-order valence-corrected chi connectivity index (χ0v) is 18.3. The molecule has 3 heterocycles. The van der Waals surface area contributed by atoms with Gasteiger partial charge in [0.05, 0.1) is 23.7 Å². The van der Waals surface area contributed by atoms with Gasteiger partial charge < -0.3 is 15.0 Å². The molecule has 0 unspecified atom stereocenters. The molecule has 2 aromatic carbocycles. The van der Waals surface area contributed by atoms with Gasteiger partial charge in [0.25, 0.3) is 0 Å². The topological polar surface area (TPSA) is 45.6 Å². The molecular formula is C23H30ClN5O. The number of benzene rings is 2. The Kier molecular flexibility index (Phi) is 6.46. The lowest BCUT2D eigenvalue weighted by atomic mass is 10.0. The molecule has 1 aromatic heterocycles. The number of methoxy groups -OCH3 is 1.